The number of nitrogens with one attached hydrogen (secondary N) is 1. The summed E-state index contributed by atoms with van der Waals surface area (Å²) in [5.41, 5.74) is 4.56. The second-order valence-corrected chi connectivity index (χ2v) is 8.70. The molecule has 0 atom stereocenters. The number of hydrogen-bond donors (Lipinski definition) is 2. The van der Waals surface area contributed by atoms with Crippen LogP contribution in [0.25, 0.3) is 0 Å². The van der Waals surface area contributed by atoms with Gasteiger partial charge in [0.05, 0.1) is 4.90 Å². The van der Waals surface area contributed by atoms with Gasteiger partial charge in [-0.05, 0) is 48.8 Å². The van der Waals surface area contributed by atoms with Gasteiger partial charge in [0.15, 0.2) is 0 Å². The van der Waals surface area contributed by atoms with Gasteiger partial charge in [-0.25, -0.2) is 17.5 Å². The molecule has 0 amide bonds. The van der Waals surface area contributed by atoms with Crippen LogP contribution in [0.2, 0.25) is 5.02 Å². The summed E-state index contributed by atoms with van der Waals surface area (Å²) in [6.07, 6.45) is 0. The Morgan fingerprint density at radius 3 is 2.50 bits per heavy atom. The number of aromatic carboxylic acids is 1. The van der Waals surface area contributed by atoms with Crippen molar-refractivity contribution in [3.8, 4) is 0 Å². The summed E-state index contributed by atoms with van der Waals surface area (Å²) in [5, 5.41) is 14.4. The number of aryl methyl sites for hydroxylation is 1. The first kappa shape index (κ1) is 21.8. The predicted molar refractivity (Wildman–Crippen MR) is 107 cm³/mol. The molecule has 2 N–H and O–H groups in total. The minimum Gasteiger partial charge on any atom is -0.477 e. The molecule has 0 fully saturated rings. The van der Waals surface area contributed by atoms with Crippen molar-refractivity contribution in [3.63, 3.8) is 0 Å². The highest BCUT2D eigenvalue weighted by Gasteiger charge is 2.27. The summed E-state index contributed by atoms with van der Waals surface area (Å²) in [4.78, 5) is 13.0. The van der Waals surface area contributed by atoms with Crippen LogP contribution >= 0.6 is 11.6 Å². The van der Waals surface area contributed by atoms with Crippen molar-refractivity contribution in [2.75, 3.05) is 26.1 Å². The number of carbonyl (C=O) groups is 1. The van der Waals surface area contributed by atoms with Crippen LogP contribution < -0.4 is 5.43 Å². The number of hydrogen-bond acceptors (Lipinski definition) is 4. The normalized spacial score (nSPS) is 12.3. The fraction of sp³-hybridized carbons (Fsp3) is 0.278. The summed E-state index contributed by atoms with van der Waals surface area (Å²) in [6.45, 7) is 4.03. The van der Waals surface area contributed by atoms with E-state index in [1.807, 2.05) is 13.0 Å². The molecule has 0 aliphatic carbocycles. The largest absolute Gasteiger partial charge is 0.477 e. The Hall–Kier alpha value is -2.49. The summed E-state index contributed by atoms with van der Waals surface area (Å²) in [7, 11) is -1.01. The fourth-order valence-corrected chi connectivity index (χ4v) is 3.48. The monoisotopic (exact) mass is 425 g/mol. The molecule has 0 aliphatic heterocycles. The molecule has 0 bridgehead atoms. The van der Waals surface area contributed by atoms with E-state index in [1.165, 1.54) is 31.0 Å². The van der Waals surface area contributed by atoms with Gasteiger partial charge in [0, 0.05) is 30.0 Å². The quantitative estimate of drug-likeness (QED) is 0.399. The molecule has 8 nitrogen and oxygen atoms in total. The van der Waals surface area contributed by atoms with Crippen molar-refractivity contribution < 1.29 is 23.1 Å². The lowest BCUT2D eigenvalue weighted by Crippen LogP contribution is -2.23. The first-order chi connectivity index (χ1) is 13.1. The number of hydrazine groups is 1. The Morgan fingerprint density at radius 2 is 1.93 bits per heavy atom. The molecule has 0 aliphatic rings. The second kappa shape index (κ2) is 8.68. The third-order valence-electron chi connectivity index (χ3n) is 3.91. The number of carboxylic acid groups (broad SMARTS) is 1. The molecule has 150 valence electrons. The van der Waals surface area contributed by atoms with Crippen molar-refractivity contribution >= 4 is 39.0 Å². The molecule has 2 rings (SSSR count). The number of rotatable bonds is 7. The van der Waals surface area contributed by atoms with E-state index >= 15 is 0 Å². The van der Waals surface area contributed by atoms with E-state index in [1.54, 1.807) is 19.1 Å². The number of nitrogens with zero attached hydrogens (tertiary/aromatic N) is 3. The van der Waals surface area contributed by atoms with E-state index in [4.69, 9.17) is 11.6 Å². The zero-order valence-electron chi connectivity index (χ0n) is 16.0. The third kappa shape index (κ3) is 4.67. The maximum atomic E-state index is 12.4. The number of anilines is 1. The van der Waals surface area contributed by atoms with Crippen molar-refractivity contribution in [3.05, 3.63) is 52.5 Å². The predicted octanol–water partition coefficient (Wildman–Crippen LogP) is 3.74. The van der Waals surface area contributed by atoms with Gasteiger partial charge in [-0.15, -0.1) is 5.43 Å². The number of carboxylic acids is 1. The average molecular weight is 426 g/mol. The van der Waals surface area contributed by atoms with Crippen LogP contribution in [-0.4, -0.2) is 49.2 Å². The van der Waals surface area contributed by atoms with Crippen molar-refractivity contribution in [2.24, 2.45) is 5.11 Å². The molecule has 0 saturated heterocycles. The van der Waals surface area contributed by atoms with Gasteiger partial charge < -0.3 is 5.11 Å². The van der Waals surface area contributed by atoms with Crippen molar-refractivity contribution in [2.45, 2.75) is 18.7 Å². The molecular formula is C18H22ClN4O4S+. The molecule has 0 spiro atoms. The minimum atomic E-state index is -3.78. The van der Waals surface area contributed by atoms with E-state index in [0.717, 1.165) is 15.9 Å². The highest BCUT2D eigenvalue weighted by molar-refractivity contribution is 7.89. The highest BCUT2D eigenvalue weighted by atomic mass is 35.5. The smallest absolute Gasteiger partial charge is 0.342 e. The standard InChI is InChI=1S/C18H21ClN4O4S/c1-5-20-23(21-16-10-13(19)7-6-12(16)2)17-9-8-14(11-15(17)18(24)25)28(26,27)22(3)4/h6-11H,5H2,1-4H3,(H-,20,21,24,25)/p+1. The van der Waals surface area contributed by atoms with Crippen LogP contribution in [0.1, 0.15) is 22.8 Å². The van der Waals surface area contributed by atoms with E-state index in [-0.39, 0.29) is 16.1 Å². The summed E-state index contributed by atoms with van der Waals surface area (Å²) in [5.74, 6) is -1.27. The number of sulfonamides is 1. The highest BCUT2D eigenvalue weighted by Crippen LogP contribution is 2.27. The van der Waals surface area contributed by atoms with Gasteiger partial charge in [-0.3, -0.25) is 0 Å². The summed E-state index contributed by atoms with van der Waals surface area (Å²) >= 11 is 6.05. The molecule has 28 heavy (non-hydrogen) atoms. The third-order valence-corrected chi connectivity index (χ3v) is 5.96. The van der Waals surface area contributed by atoms with Gasteiger partial charge in [0.1, 0.15) is 17.8 Å². The van der Waals surface area contributed by atoms with E-state index in [0.29, 0.717) is 17.3 Å². The van der Waals surface area contributed by atoms with Gasteiger partial charge in [0.2, 0.25) is 10.0 Å². The Morgan fingerprint density at radius 1 is 1.25 bits per heavy atom. The van der Waals surface area contributed by atoms with Crippen LogP contribution in [-0.2, 0) is 10.0 Å². The maximum Gasteiger partial charge on any atom is 0.342 e. The molecule has 0 unspecified atom stereocenters. The zero-order valence-corrected chi connectivity index (χ0v) is 17.5. The minimum absolute atomic E-state index is 0.117. The lowest BCUT2D eigenvalue weighted by atomic mass is 10.2. The second-order valence-electron chi connectivity index (χ2n) is 6.11. The average Bonchev–Trinajstić information content (AvgIpc) is 2.63. The Balaban J connectivity index is 2.60. The van der Waals surface area contributed by atoms with E-state index < -0.39 is 16.0 Å². The van der Waals surface area contributed by atoms with Crippen molar-refractivity contribution in [1.82, 2.24) is 4.31 Å². The molecule has 0 saturated carbocycles. The first-order valence-electron chi connectivity index (χ1n) is 8.38. The molecule has 2 aromatic carbocycles. The molecule has 2 aromatic rings. The van der Waals surface area contributed by atoms with Crippen LogP contribution in [0, 0.1) is 6.92 Å². The number of benzene rings is 2. The molecular weight excluding hydrogens is 404 g/mol. The van der Waals surface area contributed by atoms with Gasteiger partial charge >= 0.3 is 5.97 Å². The van der Waals surface area contributed by atoms with Gasteiger partial charge in [-0.2, -0.15) is 0 Å². The molecule has 0 radical (unpaired) electrons. The maximum absolute atomic E-state index is 12.4. The summed E-state index contributed by atoms with van der Waals surface area (Å²) < 4.78 is 25.7. The van der Waals surface area contributed by atoms with E-state index in [2.05, 4.69) is 10.5 Å². The molecule has 0 aromatic heterocycles. The first-order valence-corrected chi connectivity index (χ1v) is 10.2. The molecule has 10 heteroatoms. The Labute approximate surface area is 169 Å². The fourth-order valence-electron chi connectivity index (χ4n) is 2.38. The Kier molecular flexibility index (Phi) is 6.76. The number of azo groups is 1. The lowest BCUT2D eigenvalue weighted by Gasteiger charge is -2.12. The van der Waals surface area contributed by atoms with Crippen molar-refractivity contribution in [1.29, 1.82) is 0 Å². The van der Waals surface area contributed by atoms with Gasteiger partial charge in [-0.1, -0.05) is 17.7 Å². The zero-order chi connectivity index (χ0) is 21.1. The summed E-state index contributed by atoms with van der Waals surface area (Å²) in [6, 6.07) is 9.14. The number of halogens is 1. The SMILES string of the molecule is CCN=[N+](Nc1cc(Cl)ccc1C)c1ccc(S(=O)(=O)N(C)C)cc1C(=O)O. The van der Waals surface area contributed by atoms with Gasteiger partial charge in [0.25, 0.3) is 5.69 Å². The lowest BCUT2D eigenvalue weighted by molar-refractivity contribution is -0.482. The molecule has 0 heterocycles. The van der Waals surface area contributed by atoms with Crippen LogP contribution in [0.3, 0.4) is 0 Å². The van der Waals surface area contributed by atoms with Crippen LogP contribution in [0.4, 0.5) is 11.4 Å². The van der Waals surface area contributed by atoms with Crippen LogP contribution in [0.15, 0.2) is 46.4 Å². The van der Waals surface area contributed by atoms with E-state index in [9.17, 15) is 18.3 Å². The topological polar surface area (TPSA) is 102 Å². The Bertz CT molecular complexity index is 1040. The van der Waals surface area contributed by atoms with Crippen LogP contribution in [0.5, 0.6) is 0 Å².